The van der Waals surface area contributed by atoms with Crippen molar-refractivity contribution >= 4 is 45.9 Å². The topological polar surface area (TPSA) is 88.8 Å². The Kier molecular flexibility index (Phi) is 4.10. The van der Waals surface area contributed by atoms with E-state index in [-0.39, 0.29) is 22.8 Å². The maximum atomic E-state index is 14.0. The van der Waals surface area contributed by atoms with Crippen LogP contribution in [0.1, 0.15) is 5.56 Å². The first-order chi connectivity index (χ1) is 12.6. The summed E-state index contributed by atoms with van der Waals surface area (Å²) in [7, 11) is 0. The van der Waals surface area contributed by atoms with E-state index >= 15 is 0 Å². The summed E-state index contributed by atoms with van der Waals surface area (Å²) in [4.78, 5) is 8.64. The minimum Gasteiger partial charge on any atom is -0.337 e. The fourth-order valence-corrected chi connectivity index (χ4v) is 2.49. The van der Waals surface area contributed by atoms with E-state index in [1.165, 1.54) is 6.07 Å². The molecule has 0 aliphatic carbocycles. The van der Waals surface area contributed by atoms with Gasteiger partial charge in [-0.2, -0.15) is 0 Å². The minimum atomic E-state index is -0.419. The molecule has 0 bridgehead atoms. The van der Waals surface area contributed by atoms with Crippen molar-refractivity contribution in [2.45, 2.75) is 6.92 Å². The van der Waals surface area contributed by atoms with Crippen molar-refractivity contribution in [2.75, 3.05) is 10.6 Å². The number of para-hydroxylation sites is 1. The molecule has 4 rings (SSSR count). The van der Waals surface area contributed by atoms with Crippen LogP contribution >= 0.6 is 11.6 Å². The van der Waals surface area contributed by atoms with Crippen LogP contribution in [0.15, 0.2) is 47.1 Å². The number of halogens is 2. The lowest BCUT2D eigenvalue weighted by Gasteiger charge is -2.12. The summed E-state index contributed by atoms with van der Waals surface area (Å²) in [6, 6.07) is 11.7. The Hall–Kier alpha value is -3.26. The molecule has 130 valence electrons. The maximum absolute atomic E-state index is 14.0. The average Bonchev–Trinajstić information content (AvgIpc) is 3.07. The third kappa shape index (κ3) is 3.14. The number of benzene rings is 2. The van der Waals surface area contributed by atoms with E-state index in [2.05, 4.69) is 35.5 Å². The highest BCUT2D eigenvalue weighted by atomic mass is 35.5. The molecular weight excluding hydrogens is 359 g/mol. The number of nitrogens with zero attached hydrogens (tertiary/aromatic N) is 4. The van der Waals surface area contributed by atoms with Crippen molar-refractivity contribution in [2.24, 2.45) is 0 Å². The third-order valence-electron chi connectivity index (χ3n) is 3.68. The lowest BCUT2D eigenvalue weighted by Crippen LogP contribution is -2.04. The summed E-state index contributed by atoms with van der Waals surface area (Å²) in [5.41, 5.74) is 2.33. The molecule has 0 amide bonds. The Labute approximate surface area is 152 Å². The smallest absolute Gasteiger partial charge is 0.245 e. The van der Waals surface area contributed by atoms with Crippen molar-refractivity contribution in [1.29, 1.82) is 0 Å². The first-order valence-electron chi connectivity index (χ1n) is 7.65. The van der Waals surface area contributed by atoms with Crippen LogP contribution in [0, 0.1) is 12.7 Å². The van der Waals surface area contributed by atoms with Gasteiger partial charge in [-0.05, 0) is 47.1 Å². The molecule has 0 fully saturated rings. The largest absolute Gasteiger partial charge is 0.337 e. The second-order valence-electron chi connectivity index (χ2n) is 5.53. The zero-order valence-electron chi connectivity index (χ0n) is 13.5. The van der Waals surface area contributed by atoms with Gasteiger partial charge in [0.1, 0.15) is 5.82 Å². The monoisotopic (exact) mass is 370 g/mol. The van der Waals surface area contributed by atoms with Gasteiger partial charge in [0.05, 0.1) is 5.69 Å². The van der Waals surface area contributed by atoms with Crippen molar-refractivity contribution in [3.63, 3.8) is 0 Å². The number of rotatable bonds is 4. The van der Waals surface area contributed by atoms with Crippen LogP contribution in [0.4, 0.5) is 27.4 Å². The van der Waals surface area contributed by atoms with Gasteiger partial charge in [0, 0.05) is 10.7 Å². The van der Waals surface area contributed by atoms with E-state index in [0.717, 1.165) is 5.56 Å². The van der Waals surface area contributed by atoms with Gasteiger partial charge in [-0.15, -0.1) is 0 Å². The van der Waals surface area contributed by atoms with Crippen molar-refractivity contribution in [3.8, 4) is 0 Å². The molecule has 4 aromatic rings. The molecule has 2 N–H and O–H groups in total. The molecule has 7 nitrogen and oxygen atoms in total. The maximum Gasteiger partial charge on any atom is 0.245 e. The fraction of sp³-hybridized carbons (Fsp3) is 0.0588. The Morgan fingerprint density at radius 1 is 0.962 bits per heavy atom. The predicted octanol–water partition coefficient (Wildman–Crippen LogP) is 4.60. The van der Waals surface area contributed by atoms with Crippen molar-refractivity contribution in [3.05, 3.63) is 58.9 Å². The summed E-state index contributed by atoms with van der Waals surface area (Å²) < 4.78 is 18.6. The zero-order valence-corrected chi connectivity index (χ0v) is 14.3. The molecule has 0 radical (unpaired) electrons. The van der Waals surface area contributed by atoms with Crippen molar-refractivity contribution in [1.82, 2.24) is 20.3 Å². The van der Waals surface area contributed by atoms with E-state index in [1.54, 1.807) is 24.3 Å². The predicted molar refractivity (Wildman–Crippen MR) is 96.5 cm³/mol. The number of aromatic nitrogens is 4. The zero-order chi connectivity index (χ0) is 18.1. The van der Waals surface area contributed by atoms with Crippen LogP contribution in [0.3, 0.4) is 0 Å². The van der Waals surface area contributed by atoms with Gasteiger partial charge in [0.25, 0.3) is 0 Å². The van der Waals surface area contributed by atoms with E-state index in [9.17, 15) is 4.39 Å². The third-order valence-corrected chi connectivity index (χ3v) is 4.08. The molecule has 2 aromatic carbocycles. The van der Waals surface area contributed by atoms with Crippen LogP contribution in [0.5, 0.6) is 0 Å². The molecule has 0 spiro atoms. The summed E-state index contributed by atoms with van der Waals surface area (Å²) in [5.74, 6) is 0.184. The molecule has 0 unspecified atom stereocenters. The summed E-state index contributed by atoms with van der Waals surface area (Å²) in [6.45, 7) is 1.91. The molecule has 0 aliphatic rings. The van der Waals surface area contributed by atoms with Gasteiger partial charge in [-0.3, -0.25) is 0 Å². The molecule has 2 heterocycles. The number of hydrogen-bond acceptors (Lipinski definition) is 7. The van der Waals surface area contributed by atoms with Gasteiger partial charge < -0.3 is 10.6 Å². The summed E-state index contributed by atoms with van der Waals surface area (Å²) in [6.07, 6.45) is 0. The van der Waals surface area contributed by atoms with Gasteiger partial charge in [0.2, 0.25) is 11.3 Å². The highest BCUT2D eigenvalue weighted by Crippen LogP contribution is 2.29. The van der Waals surface area contributed by atoms with Gasteiger partial charge in [-0.1, -0.05) is 29.8 Å². The Morgan fingerprint density at radius 3 is 2.35 bits per heavy atom. The molecule has 9 heteroatoms. The summed E-state index contributed by atoms with van der Waals surface area (Å²) in [5, 5.41) is 14.0. The second kappa shape index (κ2) is 6.57. The number of anilines is 4. The first kappa shape index (κ1) is 16.2. The van der Waals surface area contributed by atoms with Gasteiger partial charge in [0.15, 0.2) is 11.6 Å². The lowest BCUT2D eigenvalue weighted by molar-refractivity contribution is 0.314. The molecule has 0 atom stereocenters. The molecule has 2 aromatic heterocycles. The van der Waals surface area contributed by atoms with Crippen LogP contribution in [-0.2, 0) is 0 Å². The second-order valence-corrected chi connectivity index (χ2v) is 5.93. The molecule has 26 heavy (non-hydrogen) atoms. The molecule has 0 saturated carbocycles. The Morgan fingerprint density at radius 2 is 1.65 bits per heavy atom. The van der Waals surface area contributed by atoms with Crippen LogP contribution in [0.25, 0.3) is 11.3 Å². The normalized spacial score (nSPS) is 10.9. The molecule has 0 aliphatic heterocycles. The van der Waals surface area contributed by atoms with Crippen LogP contribution in [-0.4, -0.2) is 20.3 Å². The standard InChI is InChI=1S/C17H12ClFN6O/c1-9-6-7-10(8-11(9)18)20-14-15(21-13-5-3-2-4-12(13)19)23-17-16(22-14)24-26-25-17/h2-8H,1H3,(H,20,22,24)(H,21,23,25). The van der Waals surface area contributed by atoms with E-state index in [4.69, 9.17) is 11.6 Å². The molecular formula is C17H12ClFN6O. The van der Waals surface area contributed by atoms with Crippen molar-refractivity contribution < 1.29 is 9.02 Å². The highest BCUT2D eigenvalue weighted by molar-refractivity contribution is 6.31. The first-order valence-corrected chi connectivity index (χ1v) is 8.03. The summed E-state index contributed by atoms with van der Waals surface area (Å²) >= 11 is 6.17. The van der Waals surface area contributed by atoms with Gasteiger partial charge >= 0.3 is 0 Å². The molecule has 0 saturated heterocycles. The van der Waals surface area contributed by atoms with E-state index < -0.39 is 5.82 Å². The quantitative estimate of drug-likeness (QED) is 0.542. The number of fused-ring (bicyclic) bond motifs is 1. The van der Waals surface area contributed by atoms with Crippen LogP contribution < -0.4 is 10.6 Å². The lowest BCUT2D eigenvalue weighted by atomic mass is 10.2. The number of aryl methyl sites for hydroxylation is 1. The fourth-order valence-electron chi connectivity index (χ4n) is 2.31. The van der Waals surface area contributed by atoms with E-state index in [0.29, 0.717) is 16.5 Å². The Balaban J connectivity index is 1.76. The minimum absolute atomic E-state index is 0.205. The van der Waals surface area contributed by atoms with Gasteiger partial charge in [-0.25, -0.2) is 19.0 Å². The van der Waals surface area contributed by atoms with Crippen LogP contribution in [0.2, 0.25) is 5.02 Å². The SMILES string of the molecule is Cc1ccc(Nc2nc3nonc3nc2Nc2ccccc2F)cc1Cl. The average molecular weight is 371 g/mol. The van der Waals surface area contributed by atoms with E-state index in [1.807, 2.05) is 19.1 Å². The Bertz CT molecular complexity index is 1100. The number of hydrogen-bond donors (Lipinski definition) is 2. The highest BCUT2D eigenvalue weighted by Gasteiger charge is 2.15. The number of nitrogens with one attached hydrogen (secondary N) is 2.